The first-order valence-corrected chi connectivity index (χ1v) is 9.17. The van der Waals surface area contributed by atoms with Crippen molar-refractivity contribution in [3.8, 4) is 0 Å². The minimum absolute atomic E-state index is 0.175. The molecule has 2 aliphatic rings. The van der Waals surface area contributed by atoms with Gasteiger partial charge in [0.1, 0.15) is 5.69 Å². The Morgan fingerprint density at radius 2 is 2.17 bits per heavy atom. The van der Waals surface area contributed by atoms with Crippen molar-refractivity contribution in [2.45, 2.75) is 46.1 Å². The fourth-order valence-corrected chi connectivity index (χ4v) is 5.47. The van der Waals surface area contributed by atoms with Gasteiger partial charge in [0, 0.05) is 24.2 Å². The van der Waals surface area contributed by atoms with Gasteiger partial charge in [0.25, 0.3) is 5.56 Å². The van der Waals surface area contributed by atoms with Gasteiger partial charge in [-0.2, -0.15) is 0 Å². The highest BCUT2D eigenvalue weighted by atomic mass is 32.1. The van der Waals surface area contributed by atoms with Crippen molar-refractivity contribution < 1.29 is 4.79 Å². The fourth-order valence-electron chi connectivity index (χ4n) is 4.79. The van der Waals surface area contributed by atoms with Crippen LogP contribution in [0.2, 0.25) is 0 Å². The SMILES string of the molecule is CC1(C)C[C@H]2C[C@](C)(CN2C(=O)Nc2cnc3sccn3c2=O)C1. The predicted molar refractivity (Wildman–Crippen MR) is 94.6 cm³/mol. The van der Waals surface area contributed by atoms with E-state index in [0.717, 1.165) is 25.8 Å². The summed E-state index contributed by atoms with van der Waals surface area (Å²) in [5.41, 5.74) is 0.433. The average molecular weight is 346 g/mol. The van der Waals surface area contributed by atoms with Gasteiger partial charge in [-0.25, -0.2) is 9.78 Å². The summed E-state index contributed by atoms with van der Waals surface area (Å²) in [7, 11) is 0. The highest BCUT2D eigenvalue weighted by Crippen LogP contribution is 2.52. The maximum Gasteiger partial charge on any atom is 0.322 e. The molecular formula is C17H22N4O2S. The number of amides is 2. The number of fused-ring (bicyclic) bond motifs is 3. The molecule has 1 aliphatic heterocycles. The number of carbonyl (C=O) groups excluding carboxylic acids is 1. The van der Waals surface area contributed by atoms with Gasteiger partial charge in [-0.1, -0.05) is 20.8 Å². The molecule has 2 amide bonds. The molecule has 1 N–H and O–H groups in total. The lowest BCUT2D eigenvalue weighted by molar-refractivity contribution is 0.130. The Hall–Kier alpha value is -1.89. The first-order chi connectivity index (χ1) is 11.3. The van der Waals surface area contributed by atoms with E-state index in [-0.39, 0.29) is 34.1 Å². The number of urea groups is 1. The molecule has 0 spiro atoms. The topological polar surface area (TPSA) is 66.7 Å². The van der Waals surface area contributed by atoms with E-state index in [9.17, 15) is 9.59 Å². The summed E-state index contributed by atoms with van der Waals surface area (Å²) in [5, 5.41) is 4.59. The van der Waals surface area contributed by atoms with Gasteiger partial charge in [0.15, 0.2) is 4.96 Å². The van der Waals surface area contributed by atoms with E-state index in [1.807, 2.05) is 10.3 Å². The number of likely N-dealkylation sites (tertiary alicyclic amines) is 1. The fraction of sp³-hybridized carbons (Fsp3) is 0.588. The zero-order valence-corrected chi connectivity index (χ0v) is 15.0. The summed E-state index contributed by atoms with van der Waals surface area (Å²) < 4.78 is 1.47. The van der Waals surface area contributed by atoms with Crippen LogP contribution >= 0.6 is 11.3 Å². The first kappa shape index (κ1) is 15.6. The van der Waals surface area contributed by atoms with Gasteiger partial charge in [0.05, 0.1) is 6.20 Å². The van der Waals surface area contributed by atoms with Gasteiger partial charge >= 0.3 is 6.03 Å². The van der Waals surface area contributed by atoms with Crippen molar-refractivity contribution in [2.75, 3.05) is 11.9 Å². The van der Waals surface area contributed by atoms with Gasteiger partial charge in [-0.05, 0) is 30.1 Å². The molecule has 2 fully saturated rings. The van der Waals surface area contributed by atoms with E-state index < -0.39 is 0 Å². The first-order valence-electron chi connectivity index (χ1n) is 8.29. The Kier molecular flexibility index (Phi) is 3.29. The molecule has 2 atom stereocenters. The Morgan fingerprint density at radius 3 is 2.96 bits per heavy atom. The molecule has 24 heavy (non-hydrogen) atoms. The minimum Gasteiger partial charge on any atom is -0.321 e. The number of rotatable bonds is 1. The van der Waals surface area contributed by atoms with Crippen LogP contribution in [0.4, 0.5) is 10.5 Å². The largest absolute Gasteiger partial charge is 0.322 e. The summed E-state index contributed by atoms with van der Waals surface area (Å²) in [6.45, 7) is 7.57. The van der Waals surface area contributed by atoms with Gasteiger partial charge in [-0.3, -0.25) is 9.20 Å². The second kappa shape index (κ2) is 5.05. The second-order valence-electron chi connectivity index (χ2n) is 8.30. The number of thiazole rings is 1. The number of aromatic nitrogens is 2. The molecule has 4 rings (SSSR count). The number of nitrogens with zero attached hydrogens (tertiary/aromatic N) is 3. The molecule has 128 valence electrons. The third kappa shape index (κ3) is 2.51. The minimum atomic E-state index is -0.233. The Bertz CT molecular complexity index is 871. The van der Waals surface area contributed by atoms with Crippen LogP contribution in [-0.2, 0) is 0 Å². The van der Waals surface area contributed by atoms with Crippen molar-refractivity contribution in [2.24, 2.45) is 10.8 Å². The summed E-state index contributed by atoms with van der Waals surface area (Å²) in [4.78, 5) is 32.0. The monoisotopic (exact) mass is 346 g/mol. The number of hydrogen-bond acceptors (Lipinski definition) is 4. The molecule has 6 nitrogen and oxygen atoms in total. The van der Waals surface area contributed by atoms with Crippen molar-refractivity contribution in [1.29, 1.82) is 0 Å². The molecule has 2 bridgehead atoms. The second-order valence-corrected chi connectivity index (χ2v) is 9.18. The molecular weight excluding hydrogens is 324 g/mol. The predicted octanol–water partition coefficient (Wildman–Crippen LogP) is 3.19. The number of anilines is 1. The van der Waals surface area contributed by atoms with Crippen molar-refractivity contribution in [1.82, 2.24) is 14.3 Å². The lowest BCUT2D eigenvalue weighted by atomic mass is 9.65. The molecule has 1 saturated heterocycles. The average Bonchev–Trinajstić information content (AvgIpc) is 3.03. The van der Waals surface area contributed by atoms with E-state index in [0.29, 0.717) is 4.96 Å². The smallest absolute Gasteiger partial charge is 0.321 e. The van der Waals surface area contributed by atoms with Crippen LogP contribution in [0.15, 0.2) is 22.6 Å². The van der Waals surface area contributed by atoms with Crippen LogP contribution in [0.25, 0.3) is 4.96 Å². The van der Waals surface area contributed by atoms with Crippen molar-refractivity contribution >= 4 is 28.0 Å². The van der Waals surface area contributed by atoms with E-state index >= 15 is 0 Å². The molecule has 2 aromatic rings. The van der Waals surface area contributed by atoms with E-state index in [1.165, 1.54) is 21.9 Å². The van der Waals surface area contributed by atoms with Gasteiger partial charge in [0.2, 0.25) is 0 Å². The normalized spacial score (nSPS) is 28.3. The van der Waals surface area contributed by atoms with Gasteiger partial charge in [-0.15, -0.1) is 11.3 Å². The van der Waals surface area contributed by atoms with Crippen LogP contribution in [0.3, 0.4) is 0 Å². The third-order valence-electron chi connectivity index (χ3n) is 5.26. The lowest BCUT2D eigenvalue weighted by Gasteiger charge is -2.39. The standard InChI is InChI=1S/C17H22N4O2S/c1-16(2)6-11-7-17(3,9-16)10-21(11)14(23)19-12-8-18-15-20(13(12)22)4-5-24-15/h4-5,8,11H,6-7,9-10H2,1-3H3,(H,19,23)/t11-,17-/m0/s1. The van der Waals surface area contributed by atoms with Crippen molar-refractivity contribution in [3.63, 3.8) is 0 Å². The number of carbonyl (C=O) groups is 1. The summed E-state index contributed by atoms with van der Waals surface area (Å²) in [6.07, 6.45) is 6.32. The molecule has 1 saturated carbocycles. The molecule has 7 heteroatoms. The summed E-state index contributed by atoms with van der Waals surface area (Å²) >= 11 is 1.39. The van der Waals surface area contributed by atoms with E-state index in [2.05, 4.69) is 31.1 Å². The molecule has 2 aromatic heterocycles. The van der Waals surface area contributed by atoms with Crippen LogP contribution in [0.5, 0.6) is 0 Å². The number of hydrogen-bond donors (Lipinski definition) is 1. The van der Waals surface area contributed by atoms with Crippen LogP contribution in [0, 0.1) is 10.8 Å². The zero-order chi connectivity index (χ0) is 17.1. The maximum absolute atomic E-state index is 12.8. The molecule has 3 heterocycles. The highest BCUT2D eigenvalue weighted by Gasteiger charge is 2.51. The van der Waals surface area contributed by atoms with Gasteiger partial charge < -0.3 is 10.2 Å². The molecule has 0 unspecified atom stereocenters. The Morgan fingerprint density at radius 1 is 1.38 bits per heavy atom. The van der Waals surface area contributed by atoms with Crippen LogP contribution in [0.1, 0.15) is 40.0 Å². The Balaban J connectivity index is 1.58. The quantitative estimate of drug-likeness (QED) is 0.862. The zero-order valence-electron chi connectivity index (χ0n) is 14.2. The maximum atomic E-state index is 12.8. The molecule has 0 aromatic carbocycles. The molecule has 1 aliphatic carbocycles. The van der Waals surface area contributed by atoms with Crippen LogP contribution < -0.4 is 10.9 Å². The van der Waals surface area contributed by atoms with Crippen LogP contribution in [-0.4, -0.2) is 32.9 Å². The third-order valence-corrected chi connectivity index (χ3v) is 6.03. The number of nitrogens with one attached hydrogen (secondary N) is 1. The van der Waals surface area contributed by atoms with Crippen molar-refractivity contribution in [3.05, 3.63) is 28.1 Å². The Labute approximate surface area is 144 Å². The lowest BCUT2D eigenvalue weighted by Crippen LogP contribution is -2.41. The van der Waals surface area contributed by atoms with E-state index in [4.69, 9.17) is 0 Å². The van der Waals surface area contributed by atoms with E-state index in [1.54, 1.807) is 6.20 Å². The summed E-state index contributed by atoms with van der Waals surface area (Å²) in [5.74, 6) is 0. The molecule has 0 radical (unpaired) electrons. The highest BCUT2D eigenvalue weighted by molar-refractivity contribution is 7.15. The summed E-state index contributed by atoms with van der Waals surface area (Å²) in [6, 6.07) is 0.0647.